The first-order chi connectivity index (χ1) is 14.4. The minimum atomic E-state index is -3.08. The highest BCUT2D eigenvalue weighted by atomic mass is 32.2. The first-order valence-electron chi connectivity index (χ1n) is 10.4. The van der Waals surface area contributed by atoms with Crippen LogP contribution in [0, 0.1) is 6.92 Å². The van der Waals surface area contributed by atoms with E-state index in [9.17, 15) is 13.2 Å². The van der Waals surface area contributed by atoms with Gasteiger partial charge in [0, 0.05) is 23.5 Å². The first kappa shape index (κ1) is 20.5. The van der Waals surface area contributed by atoms with Gasteiger partial charge in [0.15, 0.2) is 9.84 Å². The molecular formula is C24H26N2O3S. The van der Waals surface area contributed by atoms with Crippen LogP contribution in [0.1, 0.15) is 35.7 Å². The molecule has 0 spiro atoms. The Morgan fingerprint density at radius 2 is 1.87 bits per heavy atom. The number of rotatable bonds is 5. The van der Waals surface area contributed by atoms with Crippen molar-refractivity contribution in [2.45, 2.75) is 32.7 Å². The molecular weight excluding hydrogens is 396 g/mol. The summed E-state index contributed by atoms with van der Waals surface area (Å²) in [5.74, 6) is 0.0783. The van der Waals surface area contributed by atoms with Gasteiger partial charge in [0.1, 0.15) is 0 Å². The summed E-state index contributed by atoms with van der Waals surface area (Å²) in [5, 5.41) is 0.792. The van der Waals surface area contributed by atoms with Gasteiger partial charge < -0.3 is 4.90 Å². The van der Waals surface area contributed by atoms with Gasteiger partial charge in [-0.25, -0.2) is 13.4 Å². The molecule has 1 aromatic heterocycles. The minimum Gasteiger partial charge on any atom is -0.335 e. The minimum absolute atomic E-state index is 0.0482. The van der Waals surface area contributed by atoms with Crippen molar-refractivity contribution in [1.82, 2.24) is 9.88 Å². The number of hydrogen-bond donors (Lipinski definition) is 0. The molecule has 0 N–H and O–H groups in total. The normalized spacial score (nSPS) is 17.9. The van der Waals surface area contributed by atoms with Crippen LogP contribution in [0.15, 0.2) is 54.6 Å². The Kier molecular flexibility index (Phi) is 5.60. The van der Waals surface area contributed by atoms with Crippen molar-refractivity contribution in [1.29, 1.82) is 0 Å². The van der Waals surface area contributed by atoms with E-state index in [0.29, 0.717) is 18.5 Å². The molecule has 1 amide bonds. The maximum Gasteiger partial charge on any atom is 0.254 e. The maximum atomic E-state index is 13.7. The number of pyridine rings is 1. The van der Waals surface area contributed by atoms with E-state index < -0.39 is 9.84 Å². The fraction of sp³-hybridized carbons (Fsp3) is 0.333. The number of amides is 1. The summed E-state index contributed by atoms with van der Waals surface area (Å²) < 4.78 is 24.1. The molecule has 0 saturated carbocycles. The van der Waals surface area contributed by atoms with E-state index in [-0.39, 0.29) is 23.5 Å². The lowest BCUT2D eigenvalue weighted by Crippen LogP contribution is -2.41. The number of carbonyl (C=O) groups is 1. The van der Waals surface area contributed by atoms with Crippen molar-refractivity contribution >= 4 is 26.6 Å². The number of benzene rings is 2. The fourth-order valence-electron chi connectivity index (χ4n) is 4.09. The Balaban J connectivity index is 1.81. The highest BCUT2D eigenvalue weighted by Crippen LogP contribution is 2.28. The van der Waals surface area contributed by atoms with E-state index >= 15 is 0 Å². The molecule has 1 fully saturated rings. The summed E-state index contributed by atoms with van der Waals surface area (Å²) in [7, 11) is -3.08. The second kappa shape index (κ2) is 8.19. The van der Waals surface area contributed by atoms with Crippen molar-refractivity contribution in [3.63, 3.8) is 0 Å². The van der Waals surface area contributed by atoms with Crippen LogP contribution < -0.4 is 0 Å². The quantitative estimate of drug-likeness (QED) is 0.616. The Morgan fingerprint density at radius 3 is 2.53 bits per heavy atom. The molecule has 1 aliphatic rings. The summed E-state index contributed by atoms with van der Waals surface area (Å²) >= 11 is 0. The molecule has 2 heterocycles. The van der Waals surface area contributed by atoms with Gasteiger partial charge in [-0.1, -0.05) is 55.0 Å². The van der Waals surface area contributed by atoms with E-state index in [0.717, 1.165) is 34.1 Å². The third-order valence-electron chi connectivity index (χ3n) is 5.67. The molecule has 5 nitrogen and oxygen atoms in total. The Hall–Kier alpha value is -2.73. The molecule has 30 heavy (non-hydrogen) atoms. The number of aryl methyl sites for hydroxylation is 1. The van der Waals surface area contributed by atoms with Crippen LogP contribution in [0.2, 0.25) is 0 Å². The predicted molar refractivity (Wildman–Crippen MR) is 120 cm³/mol. The first-order valence-corrected chi connectivity index (χ1v) is 12.2. The Morgan fingerprint density at radius 1 is 1.13 bits per heavy atom. The molecule has 3 aromatic rings. The zero-order valence-electron chi connectivity index (χ0n) is 17.3. The standard InChI is InChI=1S/C24H26N2O3S/c1-3-13-26(19-12-14-30(28,29)16-19)24(27)21-15-23(18-10-8-17(2)9-11-18)25-22-7-5-4-6-20(21)22/h4-11,15,19H,3,12-14,16H2,1-2H3. The van der Waals surface area contributed by atoms with E-state index in [4.69, 9.17) is 4.98 Å². The van der Waals surface area contributed by atoms with E-state index in [1.807, 2.05) is 68.4 Å². The SMILES string of the molecule is CCCN(C(=O)c1cc(-c2ccc(C)cc2)nc2ccccc12)C1CCS(=O)(=O)C1. The lowest BCUT2D eigenvalue weighted by atomic mass is 10.0. The van der Waals surface area contributed by atoms with Crippen LogP contribution in [-0.4, -0.2) is 48.3 Å². The second-order valence-electron chi connectivity index (χ2n) is 7.99. The maximum absolute atomic E-state index is 13.7. The third kappa shape index (κ3) is 4.10. The molecule has 0 bridgehead atoms. The zero-order valence-corrected chi connectivity index (χ0v) is 18.2. The summed E-state index contributed by atoms with van der Waals surface area (Å²) in [4.78, 5) is 20.2. The lowest BCUT2D eigenvalue weighted by Gasteiger charge is -2.28. The van der Waals surface area contributed by atoms with Gasteiger partial charge in [-0.3, -0.25) is 4.79 Å². The van der Waals surface area contributed by atoms with Gasteiger partial charge >= 0.3 is 0 Å². The largest absolute Gasteiger partial charge is 0.335 e. The topological polar surface area (TPSA) is 67.3 Å². The van der Waals surface area contributed by atoms with Crippen molar-refractivity contribution < 1.29 is 13.2 Å². The monoisotopic (exact) mass is 422 g/mol. The number of aromatic nitrogens is 1. The van der Waals surface area contributed by atoms with Crippen molar-refractivity contribution in [2.24, 2.45) is 0 Å². The summed E-state index contributed by atoms with van der Waals surface area (Å²) in [6.07, 6.45) is 1.28. The summed E-state index contributed by atoms with van der Waals surface area (Å²) in [6, 6.07) is 17.3. The summed E-state index contributed by atoms with van der Waals surface area (Å²) in [6.45, 7) is 4.58. The second-order valence-corrected chi connectivity index (χ2v) is 10.2. The smallest absolute Gasteiger partial charge is 0.254 e. The number of sulfone groups is 1. The predicted octanol–water partition coefficient (Wildman–Crippen LogP) is 4.25. The third-order valence-corrected chi connectivity index (χ3v) is 7.42. The number of fused-ring (bicyclic) bond motifs is 1. The number of nitrogens with zero attached hydrogens (tertiary/aromatic N) is 2. The van der Waals surface area contributed by atoms with Gasteiger partial charge in [0.05, 0.1) is 28.3 Å². The number of para-hydroxylation sites is 1. The molecule has 1 saturated heterocycles. The van der Waals surface area contributed by atoms with Crippen molar-refractivity contribution in [3.05, 3.63) is 65.7 Å². The number of carbonyl (C=O) groups excluding carboxylic acids is 1. The molecule has 1 aliphatic heterocycles. The average Bonchev–Trinajstić information content (AvgIpc) is 3.10. The van der Waals surface area contributed by atoms with E-state index in [1.165, 1.54) is 0 Å². The van der Waals surface area contributed by atoms with Gasteiger partial charge in [-0.15, -0.1) is 0 Å². The van der Waals surface area contributed by atoms with Gasteiger partial charge in [0.2, 0.25) is 0 Å². The van der Waals surface area contributed by atoms with E-state index in [2.05, 4.69) is 0 Å². The van der Waals surface area contributed by atoms with Crippen LogP contribution in [0.5, 0.6) is 0 Å². The molecule has 0 aliphatic carbocycles. The Labute approximate surface area is 177 Å². The van der Waals surface area contributed by atoms with E-state index in [1.54, 1.807) is 4.90 Å². The van der Waals surface area contributed by atoms with Gasteiger partial charge in [-0.2, -0.15) is 0 Å². The average molecular weight is 423 g/mol. The Bertz CT molecular complexity index is 1190. The molecule has 6 heteroatoms. The van der Waals surface area contributed by atoms with Crippen LogP contribution in [0.3, 0.4) is 0 Å². The molecule has 2 aromatic carbocycles. The molecule has 4 rings (SSSR count). The molecule has 156 valence electrons. The van der Waals surface area contributed by atoms with Gasteiger partial charge in [-0.05, 0) is 31.9 Å². The molecule has 1 unspecified atom stereocenters. The van der Waals surface area contributed by atoms with Crippen LogP contribution in [0.4, 0.5) is 0 Å². The summed E-state index contributed by atoms with van der Waals surface area (Å²) in [5.41, 5.74) is 4.19. The van der Waals surface area contributed by atoms with Crippen molar-refractivity contribution in [2.75, 3.05) is 18.1 Å². The highest BCUT2D eigenvalue weighted by molar-refractivity contribution is 7.91. The van der Waals surface area contributed by atoms with Crippen LogP contribution in [0.25, 0.3) is 22.2 Å². The zero-order chi connectivity index (χ0) is 21.3. The lowest BCUT2D eigenvalue weighted by molar-refractivity contribution is 0.0699. The fourth-order valence-corrected chi connectivity index (χ4v) is 5.82. The van der Waals surface area contributed by atoms with Crippen LogP contribution >= 0.6 is 0 Å². The van der Waals surface area contributed by atoms with Crippen molar-refractivity contribution in [3.8, 4) is 11.3 Å². The number of hydrogen-bond acceptors (Lipinski definition) is 4. The molecule has 0 radical (unpaired) electrons. The van der Waals surface area contributed by atoms with Gasteiger partial charge in [0.25, 0.3) is 5.91 Å². The highest BCUT2D eigenvalue weighted by Gasteiger charge is 2.35. The molecule has 1 atom stereocenters. The van der Waals surface area contributed by atoms with Crippen LogP contribution in [-0.2, 0) is 9.84 Å².